The molecular weight excluding hydrogens is 353 g/mol. The second-order valence-electron chi connectivity index (χ2n) is 4.62. The number of carbonyl (C=O) groups excluding carboxylic acids is 1. The van der Waals surface area contributed by atoms with Crippen LogP contribution < -0.4 is 0 Å². The van der Waals surface area contributed by atoms with Gasteiger partial charge in [0.05, 0.1) is 23.0 Å². The molecule has 24 heavy (non-hydrogen) atoms. The Morgan fingerprint density at radius 1 is 1.21 bits per heavy atom. The van der Waals surface area contributed by atoms with Crippen molar-refractivity contribution in [2.75, 3.05) is 6.61 Å². The van der Waals surface area contributed by atoms with Gasteiger partial charge in [0.15, 0.2) is 16.7 Å². The van der Waals surface area contributed by atoms with Crippen molar-refractivity contribution in [3.8, 4) is 17.2 Å². The number of hydrogen-bond donors (Lipinski definition) is 0. The Morgan fingerprint density at radius 3 is 2.67 bits per heavy atom. The highest BCUT2D eigenvalue weighted by Crippen LogP contribution is 2.23. The summed E-state index contributed by atoms with van der Waals surface area (Å²) in [6.07, 6.45) is 1.51. The first kappa shape index (κ1) is 16.4. The molecule has 0 radical (unpaired) electrons. The third-order valence-corrected chi connectivity index (χ3v) is 3.44. The molecule has 3 aromatic rings. The number of aromatic nitrogens is 5. The molecule has 0 saturated heterocycles. The highest BCUT2D eigenvalue weighted by atomic mass is 35.5. The van der Waals surface area contributed by atoms with Gasteiger partial charge in [-0.3, -0.25) is 4.98 Å². The maximum Gasteiger partial charge on any atom is 0.358 e. The molecule has 3 aromatic heterocycles. The normalized spacial score (nSPS) is 10.6. The van der Waals surface area contributed by atoms with Crippen LogP contribution >= 0.6 is 23.2 Å². The molecule has 0 spiro atoms. The molecule has 7 nitrogen and oxygen atoms in total. The van der Waals surface area contributed by atoms with Crippen LogP contribution in [0.2, 0.25) is 10.2 Å². The van der Waals surface area contributed by atoms with E-state index in [0.717, 1.165) is 0 Å². The molecule has 9 heteroatoms. The molecule has 122 valence electrons. The molecule has 0 aliphatic heterocycles. The fourth-order valence-corrected chi connectivity index (χ4v) is 2.20. The lowest BCUT2D eigenvalue weighted by atomic mass is 10.2. The quantitative estimate of drug-likeness (QED) is 0.661. The first-order valence-corrected chi connectivity index (χ1v) is 7.73. The van der Waals surface area contributed by atoms with E-state index in [4.69, 9.17) is 27.9 Å². The largest absolute Gasteiger partial charge is 0.461 e. The van der Waals surface area contributed by atoms with Crippen molar-refractivity contribution >= 4 is 29.2 Å². The average molecular weight is 364 g/mol. The van der Waals surface area contributed by atoms with Crippen molar-refractivity contribution in [3.05, 3.63) is 52.4 Å². The van der Waals surface area contributed by atoms with Crippen LogP contribution in [0.15, 0.2) is 36.5 Å². The van der Waals surface area contributed by atoms with Crippen molar-refractivity contribution in [3.63, 3.8) is 0 Å². The van der Waals surface area contributed by atoms with Gasteiger partial charge in [0, 0.05) is 12.3 Å². The highest BCUT2D eigenvalue weighted by Gasteiger charge is 2.19. The third kappa shape index (κ3) is 3.37. The van der Waals surface area contributed by atoms with Crippen LogP contribution in [-0.4, -0.2) is 37.5 Å². The van der Waals surface area contributed by atoms with Gasteiger partial charge < -0.3 is 4.74 Å². The summed E-state index contributed by atoms with van der Waals surface area (Å²) in [7, 11) is 0. The Bertz CT molecular complexity index is 800. The standard InChI is InChI=1S/C15H11Cl2N5O2/c1-2-24-15(23)11-7-12(10-4-3-9(16)8-18-10)22(21-11)14-6-5-13(17)19-20-14/h3-8H,2H2,1H3. The molecule has 0 aromatic carbocycles. The van der Waals surface area contributed by atoms with Gasteiger partial charge in [0.25, 0.3) is 0 Å². The number of carbonyl (C=O) groups is 1. The zero-order valence-electron chi connectivity index (χ0n) is 12.5. The van der Waals surface area contributed by atoms with Gasteiger partial charge in [-0.25, -0.2) is 9.48 Å². The lowest BCUT2D eigenvalue weighted by Gasteiger charge is -2.05. The van der Waals surface area contributed by atoms with Gasteiger partial charge in [-0.2, -0.15) is 5.10 Å². The number of rotatable bonds is 4. The third-order valence-electron chi connectivity index (χ3n) is 3.02. The van der Waals surface area contributed by atoms with E-state index in [0.29, 0.717) is 22.2 Å². The molecule has 0 saturated carbocycles. The van der Waals surface area contributed by atoms with Crippen LogP contribution in [0.5, 0.6) is 0 Å². The molecular formula is C15H11Cl2N5O2. The van der Waals surface area contributed by atoms with Crippen LogP contribution in [-0.2, 0) is 4.74 Å². The fraction of sp³-hybridized carbons (Fsp3) is 0.133. The van der Waals surface area contributed by atoms with Gasteiger partial charge >= 0.3 is 5.97 Å². The Hall–Kier alpha value is -2.51. The van der Waals surface area contributed by atoms with Crippen molar-refractivity contribution in [2.24, 2.45) is 0 Å². The van der Waals surface area contributed by atoms with E-state index in [1.807, 2.05) is 0 Å². The van der Waals surface area contributed by atoms with Crippen LogP contribution in [0.1, 0.15) is 17.4 Å². The Balaban J connectivity index is 2.12. The Morgan fingerprint density at radius 2 is 2.04 bits per heavy atom. The minimum atomic E-state index is -0.534. The fourth-order valence-electron chi connectivity index (χ4n) is 1.99. The highest BCUT2D eigenvalue weighted by molar-refractivity contribution is 6.30. The summed E-state index contributed by atoms with van der Waals surface area (Å²) in [5.74, 6) is -0.143. The lowest BCUT2D eigenvalue weighted by Crippen LogP contribution is -2.08. The van der Waals surface area contributed by atoms with Crippen LogP contribution in [0.25, 0.3) is 17.2 Å². The number of ether oxygens (including phenoxy) is 1. The zero-order chi connectivity index (χ0) is 17.1. The van der Waals surface area contributed by atoms with Crippen molar-refractivity contribution in [1.82, 2.24) is 25.0 Å². The van der Waals surface area contributed by atoms with E-state index in [1.54, 1.807) is 37.3 Å². The number of halogens is 2. The second-order valence-corrected chi connectivity index (χ2v) is 5.45. The Labute approximate surface area is 147 Å². The summed E-state index contributed by atoms with van der Waals surface area (Å²) in [6, 6.07) is 8.20. The van der Waals surface area contributed by atoms with Crippen molar-refractivity contribution < 1.29 is 9.53 Å². The number of nitrogens with zero attached hydrogens (tertiary/aromatic N) is 5. The minimum absolute atomic E-state index is 0.139. The van der Waals surface area contributed by atoms with Gasteiger partial charge in [-0.1, -0.05) is 23.2 Å². The first-order chi connectivity index (χ1) is 11.6. The van der Waals surface area contributed by atoms with Crippen molar-refractivity contribution in [2.45, 2.75) is 6.92 Å². The van der Waals surface area contributed by atoms with E-state index in [-0.39, 0.29) is 17.5 Å². The van der Waals surface area contributed by atoms with E-state index in [9.17, 15) is 4.79 Å². The predicted octanol–water partition coefficient (Wildman–Crippen LogP) is 3.21. The molecule has 0 atom stereocenters. The summed E-state index contributed by atoms with van der Waals surface area (Å²) in [4.78, 5) is 16.2. The van der Waals surface area contributed by atoms with Gasteiger partial charge in [0.1, 0.15) is 0 Å². The van der Waals surface area contributed by atoms with Gasteiger partial charge in [0.2, 0.25) is 0 Å². The predicted molar refractivity (Wildman–Crippen MR) is 88.4 cm³/mol. The van der Waals surface area contributed by atoms with Gasteiger partial charge in [-0.05, 0) is 31.2 Å². The maximum absolute atomic E-state index is 12.0. The summed E-state index contributed by atoms with van der Waals surface area (Å²) in [5, 5.41) is 12.8. The minimum Gasteiger partial charge on any atom is -0.461 e. The zero-order valence-corrected chi connectivity index (χ0v) is 14.0. The van der Waals surface area contributed by atoms with Crippen molar-refractivity contribution in [1.29, 1.82) is 0 Å². The van der Waals surface area contributed by atoms with E-state index in [1.165, 1.54) is 10.9 Å². The van der Waals surface area contributed by atoms with E-state index in [2.05, 4.69) is 20.3 Å². The molecule has 0 fully saturated rings. The summed E-state index contributed by atoms with van der Waals surface area (Å²) in [5.41, 5.74) is 1.26. The smallest absolute Gasteiger partial charge is 0.358 e. The second kappa shape index (κ2) is 6.94. The van der Waals surface area contributed by atoms with Gasteiger partial charge in [-0.15, -0.1) is 10.2 Å². The van der Waals surface area contributed by atoms with E-state index < -0.39 is 5.97 Å². The molecule has 0 bridgehead atoms. The molecule has 0 N–H and O–H groups in total. The Kier molecular flexibility index (Phi) is 4.73. The molecule has 0 aliphatic rings. The number of hydrogen-bond acceptors (Lipinski definition) is 6. The molecule has 0 aliphatic carbocycles. The maximum atomic E-state index is 12.0. The van der Waals surface area contributed by atoms with Crippen LogP contribution in [0.4, 0.5) is 0 Å². The molecule has 0 unspecified atom stereocenters. The summed E-state index contributed by atoms with van der Waals surface area (Å²) in [6.45, 7) is 1.97. The van der Waals surface area contributed by atoms with E-state index >= 15 is 0 Å². The summed E-state index contributed by atoms with van der Waals surface area (Å²) >= 11 is 11.6. The first-order valence-electron chi connectivity index (χ1n) is 6.97. The molecule has 0 amide bonds. The summed E-state index contributed by atoms with van der Waals surface area (Å²) < 4.78 is 6.44. The molecule has 3 rings (SSSR count). The molecule has 3 heterocycles. The van der Waals surface area contributed by atoms with Crippen LogP contribution in [0, 0.1) is 0 Å². The number of esters is 1. The lowest BCUT2D eigenvalue weighted by molar-refractivity contribution is 0.0519. The average Bonchev–Trinajstić information content (AvgIpc) is 3.02. The topological polar surface area (TPSA) is 82.8 Å². The van der Waals surface area contributed by atoms with Crippen LogP contribution in [0.3, 0.4) is 0 Å². The SMILES string of the molecule is CCOC(=O)c1cc(-c2ccc(Cl)cn2)n(-c2ccc(Cl)nn2)n1. The number of pyridine rings is 1. The monoisotopic (exact) mass is 363 g/mol.